The summed E-state index contributed by atoms with van der Waals surface area (Å²) in [6.07, 6.45) is 1.13. The van der Waals surface area contributed by atoms with Crippen LogP contribution in [-0.4, -0.2) is 38.7 Å². The van der Waals surface area contributed by atoms with Crippen molar-refractivity contribution in [2.75, 3.05) is 33.8 Å². The lowest BCUT2D eigenvalue weighted by Gasteiger charge is -2.19. The van der Waals surface area contributed by atoms with E-state index < -0.39 is 0 Å². The smallest absolute Gasteiger partial charge is 0.131 e. The maximum atomic E-state index is 13.7. The zero-order valence-electron chi connectivity index (χ0n) is 11.5. The number of nitrogens with zero attached hydrogens (tertiary/aromatic N) is 1. The van der Waals surface area contributed by atoms with Crippen molar-refractivity contribution in [1.29, 1.82) is 0 Å². The lowest BCUT2D eigenvalue weighted by molar-refractivity contribution is 0.309. The Morgan fingerprint density at radius 2 is 2.11 bits per heavy atom. The molecule has 3 nitrogen and oxygen atoms in total. The fourth-order valence-corrected chi connectivity index (χ4v) is 1.80. The van der Waals surface area contributed by atoms with Crippen LogP contribution in [0.25, 0.3) is 0 Å². The fourth-order valence-electron chi connectivity index (χ4n) is 1.80. The van der Waals surface area contributed by atoms with Crippen LogP contribution in [0.15, 0.2) is 18.2 Å². The lowest BCUT2D eigenvalue weighted by Crippen LogP contribution is -2.29. The van der Waals surface area contributed by atoms with E-state index >= 15 is 0 Å². The molecule has 0 radical (unpaired) electrons. The number of methoxy groups -OCH3 is 1. The van der Waals surface area contributed by atoms with Crippen molar-refractivity contribution in [3.63, 3.8) is 0 Å². The first-order valence-electron chi connectivity index (χ1n) is 6.39. The molecule has 0 aliphatic carbocycles. The van der Waals surface area contributed by atoms with Crippen LogP contribution in [-0.2, 0) is 6.54 Å². The zero-order chi connectivity index (χ0) is 13.4. The minimum absolute atomic E-state index is 0.206. The summed E-state index contributed by atoms with van der Waals surface area (Å²) in [7, 11) is 3.56. The van der Waals surface area contributed by atoms with Gasteiger partial charge in [0.2, 0.25) is 0 Å². The van der Waals surface area contributed by atoms with E-state index in [1.807, 2.05) is 7.05 Å². The first-order chi connectivity index (χ1) is 8.69. The van der Waals surface area contributed by atoms with Gasteiger partial charge in [-0.05, 0) is 32.1 Å². The average Bonchev–Trinajstić information content (AvgIpc) is 2.37. The van der Waals surface area contributed by atoms with Gasteiger partial charge in [0, 0.05) is 25.2 Å². The number of benzene rings is 1. The van der Waals surface area contributed by atoms with Crippen molar-refractivity contribution in [2.45, 2.75) is 19.9 Å². The van der Waals surface area contributed by atoms with Gasteiger partial charge in [0.1, 0.15) is 11.6 Å². The molecule has 1 aromatic carbocycles. The Morgan fingerprint density at radius 3 is 2.78 bits per heavy atom. The Morgan fingerprint density at radius 1 is 1.33 bits per heavy atom. The van der Waals surface area contributed by atoms with Crippen LogP contribution in [0, 0.1) is 5.82 Å². The van der Waals surface area contributed by atoms with E-state index in [1.54, 1.807) is 19.2 Å². The maximum Gasteiger partial charge on any atom is 0.131 e. The van der Waals surface area contributed by atoms with E-state index in [4.69, 9.17) is 4.74 Å². The lowest BCUT2D eigenvalue weighted by atomic mass is 10.1. The minimum atomic E-state index is -0.206. The van der Waals surface area contributed by atoms with Crippen molar-refractivity contribution in [3.05, 3.63) is 29.6 Å². The number of nitrogens with one attached hydrogen (secondary N) is 1. The Kier molecular flexibility index (Phi) is 6.68. The number of halogens is 1. The van der Waals surface area contributed by atoms with Gasteiger partial charge in [0.25, 0.3) is 0 Å². The van der Waals surface area contributed by atoms with Gasteiger partial charge in [-0.2, -0.15) is 0 Å². The Balaban J connectivity index is 2.50. The standard InChI is InChI=1S/C14H23FN2O/c1-4-8-16-9-10-17(2)11-12-13(15)6-5-7-14(12)18-3/h5-7,16H,4,8-11H2,1-3H3. The quantitative estimate of drug-likeness (QED) is 0.720. The highest BCUT2D eigenvalue weighted by molar-refractivity contribution is 5.34. The normalized spacial score (nSPS) is 10.9. The van der Waals surface area contributed by atoms with Crippen LogP contribution in [0.5, 0.6) is 5.75 Å². The molecule has 0 spiro atoms. The summed E-state index contributed by atoms with van der Waals surface area (Å²) in [5, 5.41) is 3.33. The molecule has 102 valence electrons. The summed E-state index contributed by atoms with van der Waals surface area (Å²) in [6, 6.07) is 4.93. The number of hydrogen-bond acceptors (Lipinski definition) is 3. The second-order valence-electron chi connectivity index (χ2n) is 4.41. The van der Waals surface area contributed by atoms with Crippen molar-refractivity contribution in [2.24, 2.45) is 0 Å². The highest BCUT2D eigenvalue weighted by Gasteiger charge is 2.11. The molecule has 1 rings (SSSR count). The molecule has 0 fully saturated rings. The molecule has 0 amide bonds. The van der Waals surface area contributed by atoms with E-state index in [0.717, 1.165) is 26.1 Å². The first kappa shape index (κ1) is 14.9. The van der Waals surface area contributed by atoms with Crippen LogP contribution in [0.4, 0.5) is 4.39 Å². The molecule has 0 aliphatic rings. The summed E-state index contributed by atoms with van der Waals surface area (Å²) >= 11 is 0. The number of hydrogen-bond donors (Lipinski definition) is 1. The first-order valence-corrected chi connectivity index (χ1v) is 6.39. The molecule has 0 atom stereocenters. The molecule has 1 aromatic rings. The van der Waals surface area contributed by atoms with Gasteiger partial charge in [-0.3, -0.25) is 0 Å². The maximum absolute atomic E-state index is 13.7. The predicted octanol–water partition coefficient (Wildman–Crippen LogP) is 2.27. The second-order valence-corrected chi connectivity index (χ2v) is 4.41. The molecule has 0 saturated heterocycles. The second kappa shape index (κ2) is 8.06. The van der Waals surface area contributed by atoms with Crippen molar-refractivity contribution >= 4 is 0 Å². The van der Waals surface area contributed by atoms with Crippen molar-refractivity contribution in [3.8, 4) is 5.75 Å². The van der Waals surface area contributed by atoms with E-state index in [2.05, 4.69) is 17.1 Å². The summed E-state index contributed by atoms with van der Waals surface area (Å²) < 4.78 is 18.9. The van der Waals surface area contributed by atoms with Gasteiger partial charge < -0.3 is 15.0 Å². The molecule has 0 aromatic heterocycles. The molecule has 4 heteroatoms. The van der Waals surface area contributed by atoms with Gasteiger partial charge in [0.05, 0.1) is 7.11 Å². The third-order valence-corrected chi connectivity index (χ3v) is 2.82. The molecule has 0 bridgehead atoms. The highest BCUT2D eigenvalue weighted by atomic mass is 19.1. The zero-order valence-corrected chi connectivity index (χ0v) is 11.5. The molecule has 0 heterocycles. The monoisotopic (exact) mass is 254 g/mol. The van der Waals surface area contributed by atoms with Gasteiger partial charge in [-0.25, -0.2) is 4.39 Å². The Hall–Kier alpha value is -1.13. The van der Waals surface area contributed by atoms with Crippen LogP contribution in [0.1, 0.15) is 18.9 Å². The van der Waals surface area contributed by atoms with Gasteiger partial charge in [-0.15, -0.1) is 0 Å². The van der Waals surface area contributed by atoms with E-state index in [0.29, 0.717) is 17.9 Å². The molecular formula is C14H23FN2O. The molecule has 0 unspecified atom stereocenters. The summed E-state index contributed by atoms with van der Waals surface area (Å²) in [4.78, 5) is 2.09. The van der Waals surface area contributed by atoms with Crippen molar-refractivity contribution < 1.29 is 9.13 Å². The number of rotatable bonds is 8. The predicted molar refractivity (Wildman–Crippen MR) is 72.4 cm³/mol. The van der Waals surface area contributed by atoms with Crippen molar-refractivity contribution in [1.82, 2.24) is 10.2 Å². The summed E-state index contributed by atoms with van der Waals surface area (Å²) in [6.45, 7) is 5.53. The Labute approximate surface area is 109 Å². The minimum Gasteiger partial charge on any atom is -0.496 e. The van der Waals surface area contributed by atoms with E-state index in [1.165, 1.54) is 6.07 Å². The van der Waals surface area contributed by atoms with Gasteiger partial charge in [0.15, 0.2) is 0 Å². The fraction of sp³-hybridized carbons (Fsp3) is 0.571. The molecule has 18 heavy (non-hydrogen) atoms. The molecule has 0 saturated carbocycles. The molecule has 1 N–H and O–H groups in total. The summed E-state index contributed by atoms with van der Waals surface area (Å²) in [5.74, 6) is 0.408. The average molecular weight is 254 g/mol. The highest BCUT2D eigenvalue weighted by Crippen LogP contribution is 2.22. The number of ether oxygens (including phenoxy) is 1. The molecular weight excluding hydrogens is 231 g/mol. The van der Waals surface area contributed by atoms with Crippen LogP contribution in [0.2, 0.25) is 0 Å². The third-order valence-electron chi connectivity index (χ3n) is 2.82. The number of likely N-dealkylation sites (N-methyl/N-ethyl adjacent to an activating group) is 1. The molecule has 0 aliphatic heterocycles. The van der Waals surface area contributed by atoms with E-state index in [-0.39, 0.29) is 5.82 Å². The largest absolute Gasteiger partial charge is 0.496 e. The SMILES string of the molecule is CCCNCCN(C)Cc1c(F)cccc1OC. The topological polar surface area (TPSA) is 24.5 Å². The van der Waals surface area contributed by atoms with Crippen LogP contribution in [0.3, 0.4) is 0 Å². The van der Waals surface area contributed by atoms with E-state index in [9.17, 15) is 4.39 Å². The van der Waals surface area contributed by atoms with Gasteiger partial charge in [-0.1, -0.05) is 13.0 Å². The third kappa shape index (κ3) is 4.63. The summed E-state index contributed by atoms with van der Waals surface area (Å²) in [5.41, 5.74) is 0.623. The van der Waals surface area contributed by atoms with Gasteiger partial charge >= 0.3 is 0 Å². The van der Waals surface area contributed by atoms with Crippen LogP contribution >= 0.6 is 0 Å². The Bertz CT molecular complexity index is 358. The van der Waals surface area contributed by atoms with Crippen LogP contribution < -0.4 is 10.1 Å².